The second-order valence-corrected chi connectivity index (χ2v) is 10.2. The number of hydrogen-bond donors (Lipinski definition) is 0. The van der Waals surface area contributed by atoms with Gasteiger partial charge in [0.1, 0.15) is 0 Å². The number of carbonyl (C=O) groups is 2. The lowest BCUT2D eigenvalue weighted by Crippen LogP contribution is -2.58. The van der Waals surface area contributed by atoms with E-state index in [1.807, 2.05) is 23.1 Å². The van der Waals surface area contributed by atoms with Gasteiger partial charge in [-0.25, -0.2) is 0 Å². The highest BCUT2D eigenvalue weighted by Gasteiger charge is 2.55. The molecule has 1 aliphatic heterocycles. The Labute approximate surface area is 184 Å². The Morgan fingerprint density at radius 3 is 1.97 bits per heavy atom. The molecule has 31 heavy (non-hydrogen) atoms. The van der Waals surface area contributed by atoms with Crippen LogP contribution in [-0.2, 0) is 16.0 Å². The van der Waals surface area contributed by atoms with Crippen LogP contribution in [0.1, 0.15) is 44.1 Å². The first-order chi connectivity index (χ1) is 15.0. The summed E-state index contributed by atoms with van der Waals surface area (Å²) in [5, 5.41) is 0. The fraction of sp³-hybridized carbons (Fsp3) is 0.680. The molecule has 1 aromatic carbocycles. The summed E-state index contributed by atoms with van der Waals surface area (Å²) in [6, 6.07) is 5.61. The van der Waals surface area contributed by atoms with E-state index in [-0.39, 0.29) is 11.3 Å². The Morgan fingerprint density at radius 2 is 1.42 bits per heavy atom. The van der Waals surface area contributed by atoms with Gasteiger partial charge in [-0.1, -0.05) is 6.07 Å². The van der Waals surface area contributed by atoms with Crippen LogP contribution in [0.25, 0.3) is 0 Å². The Hall–Kier alpha value is -2.24. The van der Waals surface area contributed by atoms with Crippen molar-refractivity contribution in [2.24, 2.45) is 23.2 Å². The molecule has 168 valence electrons. The smallest absolute Gasteiger partial charge is 0.228 e. The standard InChI is InChI=1S/C25H34N2O4/c1-30-21-4-3-17(12-22(21)31-2)13-23(28)26-5-7-27(8-6-26)24(29)25-14-18-9-19(15-25)11-20(10-18)16-25/h3-4,12,18-20H,5-11,13-16H2,1-2H3. The SMILES string of the molecule is COc1ccc(CC(=O)N2CCN(C(=O)C34CC5CC(CC(C5)C3)C4)CC2)cc1OC. The van der Waals surface area contributed by atoms with Gasteiger partial charge >= 0.3 is 0 Å². The Bertz CT molecular complexity index is 824. The normalized spacial score (nSPS) is 31.6. The van der Waals surface area contributed by atoms with Gasteiger partial charge in [0.2, 0.25) is 11.8 Å². The van der Waals surface area contributed by atoms with E-state index >= 15 is 0 Å². The second-order valence-electron chi connectivity index (χ2n) is 10.2. The van der Waals surface area contributed by atoms with Crippen LogP contribution in [0.15, 0.2) is 18.2 Å². The predicted octanol–water partition coefficient (Wildman–Crippen LogP) is 3.13. The Morgan fingerprint density at radius 1 is 0.871 bits per heavy atom. The van der Waals surface area contributed by atoms with Gasteiger partial charge in [0, 0.05) is 26.2 Å². The van der Waals surface area contributed by atoms with Gasteiger partial charge in [-0.3, -0.25) is 9.59 Å². The molecule has 0 radical (unpaired) electrons. The number of rotatable bonds is 5. The van der Waals surface area contributed by atoms with Crippen molar-refractivity contribution in [3.05, 3.63) is 23.8 Å². The third-order valence-electron chi connectivity index (χ3n) is 8.21. The van der Waals surface area contributed by atoms with Crippen molar-refractivity contribution in [1.29, 1.82) is 0 Å². The number of carbonyl (C=O) groups excluding carboxylic acids is 2. The first kappa shape index (κ1) is 20.7. The average Bonchev–Trinajstić information content (AvgIpc) is 2.77. The van der Waals surface area contributed by atoms with E-state index in [2.05, 4.69) is 4.90 Å². The molecular formula is C25H34N2O4. The van der Waals surface area contributed by atoms with Crippen LogP contribution in [0, 0.1) is 23.2 Å². The number of nitrogens with zero attached hydrogens (tertiary/aromatic N) is 2. The number of methoxy groups -OCH3 is 2. The molecule has 0 spiro atoms. The van der Waals surface area contributed by atoms with E-state index < -0.39 is 0 Å². The maximum atomic E-state index is 13.5. The van der Waals surface area contributed by atoms with Crippen LogP contribution < -0.4 is 9.47 Å². The van der Waals surface area contributed by atoms with Gasteiger partial charge in [0.25, 0.3) is 0 Å². The van der Waals surface area contributed by atoms with E-state index in [0.29, 0.717) is 50.0 Å². The van der Waals surface area contributed by atoms with Gasteiger partial charge in [-0.2, -0.15) is 0 Å². The van der Waals surface area contributed by atoms with E-state index in [0.717, 1.165) is 42.6 Å². The number of piperazine rings is 1. The fourth-order valence-corrected chi connectivity index (χ4v) is 7.14. The van der Waals surface area contributed by atoms with Crippen LogP contribution in [-0.4, -0.2) is 62.0 Å². The number of hydrogen-bond acceptors (Lipinski definition) is 4. The van der Waals surface area contributed by atoms with Crippen LogP contribution in [0.5, 0.6) is 11.5 Å². The second kappa shape index (κ2) is 8.03. The monoisotopic (exact) mass is 426 g/mol. The minimum Gasteiger partial charge on any atom is -0.493 e. The molecule has 4 aliphatic carbocycles. The first-order valence-electron chi connectivity index (χ1n) is 11.8. The van der Waals surface area contributed by atoms with Gasteiger partial charge in [-0.05, 0) is 74.0 Å². The number of ether oxygens (including phenoxy) is 2. The molecule has 1 aromatic rings. The first-order valence-corrected chi connectivity index (χ1v) is 11.8. The van der Waals surface area contributed by atoms with Crippen molar-refractivity contribution in [3.8, 4) is 11.5 Å². The minimum absolute atomic E-state index is 0.0828. The summed E-state index contributed by atoms with van der Waals surface area (Å²) in [5.41, 5.74) is 0.829. The summed E-state index contributed by atoms with van der Waals surface area (Å²) in [4.78, 5) is 30.4. The molecule has 6 heteroatoms. The summed E-state index contributed by atoms with van der Waals surface area (Å²) in [6.45, 7) is 2.59. The van der Waals surface area contributed by atoms with Crippen LogP contribution in [0.4, 0.5) is 0 Å². The third-order valence-corrected chi connectivity index (χ3v) is 8.21. The largest absolute Gasteiger partial charge is 0.493 e. The van der Waals surface area contributed by atoms with Crippen molar-refractivity contribution >= 4 is 11.8 Å². The van der Waals surface area contributed by atoms with E-state index in [1.165, 1.54) is 19.3 Å². The van der Waals surface area contributed by atoms with Gasteiger partial charge in [0.15, 0.2) is 11.5 Å². The lowest BCUT2D eigenvalue weighted by molar-refractivity contribution is -0.160. The summed E-state index contributed by atoms with van der Waals surface area (Å²) in [6.07, 6.45) is 7.72. The summed E-state index contributed by atoms with van der Waals surface area (Å²) >= 11 is 0. The topological polar surface area (TPSA) is 59.1 Å². The molecule has 0 unspecified atom stereocenters. The molecular weight excluding hydrogens is 392 g/mol. The molecule has 5 fully saturated rings. The summed E-state index contributed by atoms with van der Waals surface area (Å²) in [5.74, 6) is 4.13. The van der Waals surface area contributed by atoms with Gasteiger partial charge in [-0.15, -0.1) is 0 Å². The lowest BCUT2D eigenvalue weighted by atomic mass is 9.49. The number of benzene rings is 1. The summed E-state index contributed by atoms with van der Waals surface area (Å²) < 4.78 is 10.6. The molecule has 5 aliphatic rings. The van der Waals surface area contributed by atoms with Crippen LogP contribution in [0.3, 0.4) is 0 Å². The number of amides is 2. The molecule has 4 bridgehead atoms. The lowest BCUT2D eigenvalue weighted by Gasteiger charge is -2.57. The maximum Gasteiger partial charge on any atom is 0.228 e. The van der Waals surface area contributed by atoms with Gasteiger partial charge < -0.3 is 19.3 Å². The highest BCUT2D eigenvalue weighted by Crippen LogP contribution is 2.60. The van der Waals surface area contributed by atoms with Crippen LogP contribution in [0.2, 0.25) is 0 Å². The minimum atomic E-state index is -0.0828. The van der Waals surface area contributed by atoms with Crippen molar-refractivity contribution in [2.45, 2.75) is 44.9 Å². The van der Waals surface area contributed by atoms with Crippen molar-refractivity contribution in [1.82, 2.24) is 9.80 Å². The zero-order chi connectivity index (χ0) is 21.6. The Balaban J connectivity index is 1.18. The average molecular weight is 427 g/mol. The molecule has 6 rings (SSSR count). The van der Waals surface area contributed by atoms with Crippen molar-refractivity contribution in [2.75, 3.05) is 40.4 Å². The van der Waals surface area contributed by atoms with Gasteiger partial charge in [0.05, 0.1) is 26.1 Å². The zero-order valence-corrected chi connectivity index (χ0v) is 18.8. The zero-order valence-electron chi connectivity index (χ0n) is 18.8. The van der Waals surface area contributed by atoms with E-state index in [4.69, 9.17) is 9.47 Å². The Kier molecular flexibility index (Phi) is 5.35. The molecule has 1 saturated heterocycles. The molecule has 0 N–H and O–H groups in total. The molecule has 1 heterocycles. The van der Waals surface area contributed by atoms with E-state index in [9.17, 15) is 9.59 Å². The predicted molar refractivity (Wildman–Crippen MR) is 117 cm³/mol. The van der Waals surface area contributed by atoms with E-state index in [1.54, 1.807) is 14.2 Å². The highest BCUT2D eigenvalue weighted by atomic mass is 16.5. The molecule has 6 nitrogen and oxygen atoms in total. The van der Waals surface area contributed by atoms with Crippen molar-refractivity contribution in [3.63, 3.8) is 0 Å². The molecule has 4 saturated carbocycles. The third kappa shape index (κ3) is 3.79. The summed E-state index contributed by atoms with van der Waals surface area (Å²) in [7, 11) is 3.20. The maximum absolute atomic E-state index is 13.5. The highest BCUT2D eigenvalue weighted by molar-refractivity contribution is 5.84. The quantitative estimate of drug-likeness (QED) is 0.726. The molecule has 0 atom stereocenters. The molecule has 0 aromatic heterocycles. The molecule has 2 amide bonds. The van der Waals surface area contributed by atoms with Crippen LogP contribution >= 0.6 is 0 Å². The van der Waals surface area contributed by atoms with Crippen molar-refractivity contribution < 1.29 is 19.1 Å². The fourth-order valence-electron chi connectivity index (χ4n) is 7.14.